The van der Waals surface area contributed by atoms with Crippen LogP contribution in [0.5, 0.6) is 0 Å². The zero-order valence-electron chi connectivity index (χ0n) is 14.7. The van der Waals surface area contributed by atoms with Gasteiger partial charge in [-0.05, 0) is 31.2 Å². The van der Waals surface area contributed by atoms with Crippen LogP contribution in [0, 0.1) is 6.92 Å². The normalized spacial score (nSPS) is 11.0. The van der Waals surface area contributed by atoms with Gasteiger partial charge in [-0.1, -0.05) is 0 Å². The lowest BCUT2D eigenvalue weighted by atomic mass is 10.2. The molecule has 2 heterocycles. The molecule has 0 fully saturated rings. The maximum atomic E-state index is 12.4. The molecule has 0 unspecified atom stereocenters. The first kappa shape index (κ1) is 17.4. The minimum Gasteiger partial charge on any atom is -0.383 e. The molecule has 132 valence electrons. The minimum absolute atomic E-state index is 0.148. The third-order valence-electron chi connectivity index (χ3n) is 4.08. The number of aryl methyl sites for hydroxylation is 1. The molecule has 0 saturated carbocycles. The lowest BCUT2D eigenvalue weighted by molar-refractivity contribution is 0.188. The van der Waals surface area contributed by atoms with Crippen LogP contribution >= 0.6 is 11.3 Å². The fourth-order valence-corrected chi connectivity index (χ4v) is 3.46. The predicted octanol–water partition coefficient (Wildman–Crippen LogP) is 3.72. The van der Waals surface area contributed by atoms with Gasteiger partial charge in [0.2, 0.25) is 0 Å². The van der Waals surface area contributed by atoms with Gasteiger partial charge >= 0.3 is 6.03 Å². The summed E-state index contributed by atoms with van der Waals surface area (Å²) < 4.78 is 7.40. The fourth-order valence-electron chi connectivity index (χ4n) is 2.79. The summed E-state index contributed by atoms with van der Waals surface area (Å²) in [5.41, 5.74) is 3.10. The third-order valence-corrected chi connectivity index (χ3v) is 4.85. The van der Waals surface area contributed by atoms with Gasteiger partial charge in [0.25, 0.3) is 0 Å². The van der Waals surface area contributed by atoms with Gasteiger partial charge in [-0.2, -0.15) is 0 Å². The van der Waals surface area contributed by atoms with E-state index in [-0.39, 0.29) is 6.03 Å². The van der Waals surface area contributed by atoms with Crippen LogP contribution in [0.25, 0.3) is 10.9 Å². The number of thiazole rings is 1. The Kier molecular flexibility index (Phi) is 5.35. The molecule has 2 aromatic heterocycles. The summed E-state index contributed by atoms with van der Waals surface area (Å²) in [6.45, 7) is 4.06. The second-order valence-electron chi connectivity index (χ2n) is 5.92. The van der Waals surface area contributed by atoms with Crippen LogP contribution in [0.15, 0.2) is 35.8 Å². The first-order valence-corrected chi connectivity index (χ1v) is 8.96. The molecular weight excluding hydrogens is 336 g/mol. The highest BCUT2D eigenvalue weighted by atomic mass is 32.1. The van der Waals surface area contributed by atoms with Crippen LogP contribution in [-0.2, 0) is 17.8 Å². The average Bonchev–Trinajstić information content (AvgIpc) is 3.19. The van der Waals surface area contributed by atoms with Crippen LogP contribution in [0.4, 0.5) is 10.5 Å². The topological polar surface area (TPSA) is 59.4 Å². The van der Waals surface area contributed by atoms with Gasteiger partial charge < -0.3 is 19.5 Å². The van der Waals surface area contributed by atoms with Crippen molar-refractivity contribution in [2.75, 3.05) is 26.1 Å². The van der Waals surface area contributed by atoms with Crippen molar-refractivity contribution in [2.24, 2.45) is 0 Å². The van der Waals surface area contributed by atoms with E-state index in [2.05, 4.69) is 27.9 Å². The van der Waals surface area contributed by atoms with Crippen molar-refractivity contribution in [3.05, 3.63) is 46.5 Å². The number of hydrogen-bond acceptors (Lipinski definition) is 4. The molecule has 0 atom stereocenters. The summed E-state index contributed by atoms with van der Waals surface area (Å²) in [5.74, 6) is 0. The van der Waals surface area contributed by atoms with E-state index in [0.29, 0.717) is 13.2 Å². The van der Waals surface area contributed by atoms with Crippen LogP contribution in [0.2, 0.25) is 0 Å². The predicted molar refractivity (Wildman–Crippen MR) is 101 cm³/mol. The molecule has 6 nitrogen and oxygen atoms in total. The molecule has 0 spiro atoms. The number of hydrogen-bond donors (Lipinski definition) is 1. The SMILES string of the molecule is COCCn1c(C)cc2cc(NC(=O)N(C)Cc3nccs3)ccc21. The van der Waals surface area contributed by atoms with Crippen LogP contribution < -0.4 is 5.32 Å². The standard InChI is InChI=1S/C18H22N4O2S/c1-13-10-14-11-15(4-5-16(14)22(13)7-8-24-3)20-18(23)21(2)12-17-19-6-9-25-17/h4-6,9-11H,7-8,12H2,1-3H3,(H,20,23). The molecule has 2 amide bonds. The van der Waals surface area contributed by atoms with Gasteiger partial charge in [0, 0.05) is 54.6 Å². The Labute approximate surface area is 151 Å². The Morgan fingerprint density at radius 3 is 2.96 bits per heavy atom. The highest BCUT2D eigenvalue weighted by Crippen LogP contribution is 2.23. The molecule has 0 radical (unpaired) electrons. The average molecular weight is 358 g/mol. The monoisotopic (exact) mass is 358 g/mol. The van der Waals surface area contributed by atoms with E-state index in [1.54, 1.807) is 36.6 Å². The van der Waals surface area contributed by atoms with E-state index in [9.17, 15) is 4.79 Å². The Morgan fingerprint density at radius 2 is 2.24 bits per heavy atom. The molecule has 0 aliphatic rings. The zero-order chi connectivity index (χ0) is 17.8. The number of ether oxygens (including phenoxy) is 1. The van der Waals surface area contributed by atoms with E-state index < -0.39 is 0 Å². The Balaban J connectivity index is 1.72. The summed E-state index contributed by atoms with van der Waals surface area (Å²) >= 11 is 1.54. The van der Waals surface area contributed by atoms with E-state index in [4.69, 9.17) is 4.74 Å². The number of benzene rings is 1. The number of fused-ring (bicyclic) bond motifs is 1. The minimum atomic E-state index is -0.148. The van der Waals surface area contributed by atoms with E-state index in [1.165, 1.54) is 5.69 Å². The molecule has 3 rings (SSSR count). The van der Waals surface area contributed by atoms with Crippen LogP contribution in [-0.4, -0.2) is 41.2 Å². The molecule has 7 heteroatoms. The smallest absolute Gasteiger partial charge is 0.321 e. The number of urea groups is 1. The number of rotatable bonds is 6. The zero-order valence-corrected chi connectivity index (χ0v) is 15.5. The van der Waals surface area contributed by atoms with Gasteiger partial charge in [-0.3, -0.25) is 0 Å². The Morgan fingerprint density at radius 1 is 1.40 bits per heavy atom. The van der Waals surface area contributed by atoms with Gasteiger partial charge in [-0.15, -0.1) is 11.3 Å². The Bertz CT molecular complexity index is 857. The maximum absolute atomic E-state index is 12.4. The lowest BCUT2D eigenvalue weighted by Gasteiger charge is -2.16. The lowest BCUT2D eigenvalue weighted by Crippen LogP contribution is -2.30. The number of anilines is 1. The molecular formula is C18H22N4O2S. The summed E-state index contributed by atoms with van der Waals surface area (Å²) in [6, 6.07) is 7.94. The quantitative estimate of drug-likeness (QED) is 0.731. The second kappa shape index (κ2) is 7.67. The van der Waals surface area contributed by atoms with Crippen molar-refractivity contribution in [1.82, 2.24) is 14.5 Å². The van der Waals surface area contributed by atoms with E-state index in [1.807, 2.05) is 23.6 Å². The van der Waals surface area contributed by atoms with Gasteiger partial charge in [0.1, 0.15) is 5.01 Å². The number of aromatic nitrogens is 2. The van der Waals surface area contributed by atoms with Crippen molar-refractivity contribution in [2.45, 2.75) is 20.0 Å². The van der Waals surface area contributed by atoms with E-state index in [0.717, 1.165) is 28.1 Å². The van der Waals surface area contributed by atoms with Crippen molar-refractivity contribution in [3.8, 4) is 0 Å². The molecule has 0 bridgehead atoms. The van der Waals surface area contributed by atoms with E-state index >= 15 is 0 Å². The molecule has 0 aliphatic heterocycles. The summed E-state index contributed by atoms with van der Waals surface area (Å²) in [6.07, 6.45) is 1.75. The summed E-state index contributed by atoms with van der Waals surface area (Å²) in [4.78, 5) is 18.2. The van der Waals surface area contributed by atoms with Crippen molar-refractivity contribution >= 4 is 34.0 Å². The largest absolute Gasteiger partial charge is 0.383 e. The first-order chi connectivity index (χ1) is 12.1. The first-order valence-electron chi connectivity index (χ1n) is 8.08. The summed E-state index contributed by atoms with van der Waals surface area (Å²) in [7, 11) is 3.47. The fraction of sp³-hybridized carbons (Fsp3) is 0.333. The van der Waals surface area contributed by atoms with Gasteiger partial charge in [0.15, 0.2) is 0 Å². The van der Waals surface area contributed by atoms with Crippen molar-refractivity contribution in [3.63, 3.8) is 0 Å². The highest BCUT2D eigenvalue weighted by Gasteiger charge is 2.12. The molecule has 1 N–H and O–H groups in total. The van der Waals surface area contributed by atoms with Gasteiger partial charge in [-0.25, -0.2) is 9.78 Å². The third kappa shape index (κ3) is 4.00. The number of amides is 2. The van der Waals surface area contributed by atoms with Gasteiger partial charge in [0.05, 0.1) is 13.2 Å². The molecule has 1 aromatic carbocycles. The second-order valence-corrected chi connectivity index (χ2v) is 6.89. The molecule has 0 aliphatic carbocycles. The highest BCUT2D eigenvalue weighted by molar-refractivity contribution is 7.09. The number of nitrogens with zero attached hydrogens (tertiary/aromatic N) is 3. The number of carbonyl (C=O) groups is 1. The number of methoxy groups -OCH3 is 1. The number of carbonyl (C=O) groups excluding carboxylic acids is 1. The Hall–Kier alpha value is -2.38. The molecule has 0 saturated heterocycles. The van der Waals surface area contributed by atoms with Crippen molar-refractivity contribution < 1.29 is 9.53 Å². The van der Waals surface area contributed by atoms with Crippen LogP contribution in [0.3, 0.4) is 0 Å². The number of nitrogens with one attached hydrogen (secondary N) is 1. The van der Waals surface area contributed by atoms with Crippen molar-refractivity contribution in [1.29, 1.82) is 0 Å². The molecule has 25 heavy (non-hydrogen) atoms. The summed E-state index contributed by atoms with van der Waals surface area (Å²) in [5, 5.41) is 6.88. The van der Waals surface area contributed by atoms with Crippen LogP contribution in [0.1, 0.15) is 10.7 Å². The maximum Gasteiger partial charge on any atom is 0.321 e. The molecule has 3 aromatic rings.